The Bertz CT molecular complexity index is 726. The third kappa shape index (κ3) is 4.84. The van der Waals surface area contributed by atoms with Crippen LogP contribution in [0.3, 0.4) is 0 Å². The molecule has 1 fully saturated rings. The molecule has 0 bridgehead atoms. The molecule has 0 unspecified atom stereocenters. The van der Waals surface area contributed by atoms with Gasteiger partial charge in [0.2, 0.25) is 0 Å². The number of benzene rings is 1. The summed E-state index contributed by atoms with van der Waals surface area (Å²) in [4.78, 5) is 16.1. The van der Waals surface area contributed by atoms with Crippen molar-refractivity contribution in [1.82, 2.24) is 10.3 Å². The van der Waals surface area contributed by atoms with Gasteiger partial charge in [0.1, 0.15) is 5.60 Å². The highest BCUT2D eigenvalue weighted by atomic mass is 16.6. The second-order valence-electron chi connectivity index (χ2n) is 7.74. The van der Waals surface area contributed by atoms with Gasteiger partial charge in [-0.1, -0.05) is 12.1 Å². The fourth-order valence-electron chi connectivity index (χ4n) is 3.32. The molecule has 0 saturated heterocycles. The van der Waals surface area contributed by atoms with Crippen LogP contribution in [0.25, 0.3) is 10.8 Å². The van der Waals surface area contributed by atoms with Crippen LogP contribution in [-0.2, 0) is 4.74 Å². The number of nitrogens with one attached hydrogen (secondary N) is 2. The molecule has 134 valence electrons. The number of nitrogens with zero attached hydrogens (tertiary/aromatic N) is 1. The third-order valence-corrected chi connectivity index (χ3v) is 4.49. The molecule has 2 N–H and O–H groups in total. The highest BCUT2D eigenvalue weighted by Crippen LogP contribution is 2.27. The number of hydrogen-bond donors (Lipinski definition) is 2. The van der Waals surface area contributed by atoms with Gasteiger partial charge in [-0.25, -0.2) is 4.79 Å². The average molecular weight is 341 g/mol. The van der Waals surface area contributed by atoms with E-state index in [1.54, 1.807) is 0 Å². The van der Waals surface area contributed by atoms with Crippen LogP contribution in [0.5, 0.6) is 0 Å². The normalized spacial score (nSPS) is 20.9. The molecule has 5 nitrogen and oxygen atoms in total. The van der Waals surface area contributed by atoms with Crippen LogP contribution in [-0.4, -0.2) is 28.8 Å². The number of hydrogen-bond acceptors (Lipinski definition) is 4. The van der Waals surface area contributed by atoms with Gasteiger partial charge in [-0.3, -0.25) is 4.98 Å². The van der Waals surface area contributed by atoms with Crippen molar-refractivity contribution in [2.45, 2.75) is 64.1 Å². The van der Waals surface area contributed by atoms with E-state index in [9.17, 15) is 4.79 Å². The molecule has 25 heavy (non-hydrogen) atoms. The van der Waals surface area contributed by atoms with Crippen molar-refractivity contribution in [3.63, 3.8) is 0 Å². The molecule has 1 saturated carbocycles. The molecule has 1 heterocycles. The minimum absolute atomic E-state index is 0.199. The quantitative estimate of drug-likeness (QED) is 0.864. The topological polar surface area (TPSA) is 63.2 Å². The third-order valence-electron chi connectivity index (χ3n) is 4.49. The van der Waals surface area contributed by atoms with E-state index in [0.717, 1.165) is 36.8 Å². The molecule has 5 heteroatoms. The van der Waals surface area contributed by atoms with Crippen LogP contribution in [0.1, 0.15) is 46.5 Å². The standard InChI is InChI=1S/C20H27N3O2/c1-20(2,3)25-19(24)23-16-9-7-15(8-10-16)22-18-6-4-5-14-13-21-12-11-17(14)18/h4-6,11-13,15-16,22H,7-10H2,1-3H3,(H,23,24)/t15-,16+. The van der Waals surface area contributed by atoms with Crippen molar-refractivity contribution < 1.29 is 9.53 Å². The fourth-order valence-corrected chi connectivity index (χ4v) is 3.32. The number of carbonyl (C=O) groups is 1. The van der Waals surface area contributed by atoms with Gasteiger partial charge in [0.15, 0.2) is 0 Å². The number of pyridine rings is 1. The lowest BCUT2D eigenvalue weighted by atomic mass is 9.91. The predicted octanol–water partition coefficient (Wildman–Crippen LogP) is 4.48. The summed E-state index contributed by atoms with van der Waals surface area (Å²) in [7, 11) is 0. The van der Waals surface area contributed by atoms with E-state index in [1.807, 2.05) is 39.2 Å². The largest absolute Gasteiger partial charge is 0.444 e. The minimum Gasteiger partial charge on any atom is -0.444 e. The molecule has 0 spiro atoms. The summed E-state index contributed by atoms with van der Waals surface area (Å²) in [5.74, 6) is 0. The molecule has 1 aromatic carbocycles. The highest BCUT2D eigenvalue weighted by Gasteiger charge is 2.24. The van der Waals surface area contributed by atoms with Crippen molar-refractivity contribution in [3.8, 4) is 0 Å². The van der Waals surface area contributed by atoms with Crippen molar-refractivity contribution >= 4 is 22.6 Å². The maximum Gasteiger partial charge on any atom is 0.407 e. The van der Waals surface area contributed by atoms with E-state index in [-0.39, 0.29) is 12.1 Å². The van der Waals surface area contributed by atoms with E-state index in [0.29, 0.717) is 6.04 Å². The number of rotatable bonds is 3. The van der Waals surface area contributed by atoms with Crippen molar-refractivity contribution in [2.75, 3.05) is 5.32 Å². The first-order chi connectivity index (χ1) is 11.9. The van der Waals surface area contributed by atoms with Crippen LogP contribution in [0.4, 0.5) is 10.5 Å². The van der Waals surface area contributed by atoms with Crippen LogP contribution >= 0.6 is 0 Å². The van der Waals surface area contributed by atoms with Gasteiger partial charge in [-0.05, 0) is 58.6 Å². The van der Waals surface area contributed by atoms with E-state index in [2.05, 4.69) is 33.8 Å². The number of carbonyl (C=O) groups excluding carboxylic acids is 1. The van der Waals surface area contributed by atoms with Gasteiger partial charge in [-0.2, -0.15) is 0 Å². The molecule has 1 aliphatic carbocycles. The summed E-state index contributed by atoms with van der Waals surface area (Å²) in [6, 6.07) is 8.93. The summed E-state index contributed by atoms with van der Waals surface area (Å²) in [5.41, 5.74) is 0.704. The summed E-state index contributed by atoms with van der Waals surface area (Å²) in [5, 5.41) is 9.00. The molecule has 2 aromatic rings. The Kier molecular flexibility index (Phi) is 5.11. The Balaban J connectivity index is 1.53. The zero-order valence-corrected chi connectivity index (χ0v) is 15.2. The first-order valence-electron chi connectivity index (χ1n) is 8.99. The number of amides is 1. The first-order valence-corrected chi connectivity index (χ1v) is 8.99. The van der Waals surface area contributed by atoms with Crippen LogP contribution in [0, 0.1) is 0 Å². The van der Waals surface area contributed by atoms with Gasteiger partial charge in [0.05, 0.1) is 0 Å². The molecule has 0 aliphatic heterocycles. The molecular formula is C20H27N3O2. The Morgan fingerprint density at radius 1 is 1.12 bits per heavy atom. The first kappa shape index (κ1) is 17.5. The van der Waals surface area contributed by atoms with Crippen molar-refractivity contribution in [2.24, 2.45) is 0 Å². The summed E-state index contributed by atoms with van der Waals surface area (Å²) < 4.78 is 5.34. The van der Waals surface area contributed by atoms with E-state index in [4.69, 9.17) is 4.74 Å². The van der Waals surface area contributed by atoms with Gasteiger partial charge >= 0.3 is 6.09 Å². The number of anilines is 1. The minimum atomic E-state index is -0.452. The van der Waals surface area contributed by atoms with Gasteiger partial charge in [0, 0.05) is 40.9 Å². The maximum atomic E-state index is 11.9. The van der Waals surface area contributed by atoms with Gasteiger partial charge in [-0.15, -0.1) is 0 Å². The van der Waals surface area contributed by atoms with Gasteiger partial charge < -0.3 is 15.4 Å². The Labute approximate surface area is 149 Å². The summed E-state index contributed by atoms with van der Waals surface area (Å²) >= 11 is 0. The highest BCUT2D eigenvalue weighted by molar-refractivity contribution is 5.93. The van der Waals surface area contributed by atoms with Crippen molar-refractivity contribution in [3.05, 3.63) is 36.7 Å². The van der Waals surface area contributed by atoms with Crippen LogP contribution in [0.2, 0.25) is 0 Å². The number of ether oxygens (including phenoxy) is 1. The smallest absolute Gasteiger partial charge is 0.407 e. The maximum absolute atomic E-state index is 11.9. The number of fused-ring (bicyclic) bond motifs is 1. The fraction of sp³-hybridized carbons (Fsp3) is 0.500. The van der Waals surface area contributed by atoms with Crippen LogP contribution < -0.4 is 10.6 Å². The summed E-state index contributed by atoms with van der Waals surface area (Å²) in [6.07, 6.45) is 7.39. The molecule has 3 rings (SSSR count). The number of aromatic nitrogens is 1. The number of alkyl carbamates (subject to hydrolysis) is 1. The molecule has 1 aliphatic rings. The Hall–Kier alpha value is -2.30. The molecule has 0 atom stereocenters. The monoisotopic (exact) mass is 341 g/mol. The Morgan fingerprint density at radius 3 is 2.56 bits per heavy atom. The van der Waals surface area contributed by atoms with Gasteiger partial charge in [0.25, 0.3) is 0 Å². The second kappa shape index (κ2) is 7.30. The lowest BCUT2D eigenvalue weighted by Crippen LogP contribution is -2.42. The zero-order chi connectivity index (χ0) is 17.9. The van der Waals surface area contributed by atoms with E-state index in [1.165, 1.54) is 5.39 Å². The molecular weight excluding hydrogens is 314 g/mol. The van der Waals surface area contributed by atoms with Crippen molar-refractivity contribution in [1.29, 1.82) is 0 Å². The van der Waals surface area contributed by atoms with E-state index >= 15 is 0 Å². The predicted molar refractivity (Wildman–Crippen MR) is 101 cm³/mol. The molecule has 1 amide bonds. The molecule has 0 radical (unpaired) electrons. The summed E-state index contributed by atoms with van der Waals surface area (Å²) in [6.45, 7) is 5.65. The lowest BCUT2D eigenvalue weighted by molar-refractivity contribution is 0.0492. The Morgan fingerprint density at radius 2 is 1.84 bits per heavy atom. The van der Waals surface area contributed by atoms with Crippen LogP contribution in [0.15, 0.2) is 36.7 Å². The van der Waals surface area contributed by atoms with E-state index < -0.39 is 5.60 Å². The second-order valence-corrected chi connectivity index (χ2v) is 7.74. The lowest BCUT2D eigenvalue weighted by Gasteiger charge is -2.31. The zero-order valence-electron chi connectivity index (χ0n) is 15.2. The average Bonchev–Trinajstić information content (AvgIpc) is 2.55. The molecule has 1 aromatic heterocycles. The SMILES string of the molecule is CC(C)(C)OC(=O)N[C@H]1CC[C@@H](Nc2cccc3cnccc23)CC1.